The van der Waals surface area contributed by atoms with E-state index < -0.39 is 30.2 Å². The number of esters is 1. The van der Waals surface area contributed by atoms with E-state index in [1.165, 1.54) is 0 Å². The molecule has 1 saturated heterocycles. The van der Waals surface area contributed by atoms with Gasteiger partial charge in [-0.05, 0) is 18.4 Å². The van der Waals surface area contributed by atoms with Crippen molar-refractivity contribution in [3.05, 3.63) is 0 Å². The van der Waals surface area contributed by atoms with E-state index in [-0.39, 0.29) is 0 Å². The lowest BCUT2D eigenvalue weighted by atomic mass is 10.2. The Morgan fingerprint density at radius 2 is 2.31 bits per heavy atom. The molecule has 0 spiro atoms. The molecule has 0 saturated carbocycles. The molecule has 0 aromatic heterocycles. The minimum absolute atomic E-state index is 0.461. The molecule has 1 heterocycles. The van der Waals surface area contributed by atoms with Gasteiger partial charge in [0.1, 0.15) is 6.04 Å². The Hall–Kier alpha value is -1.28. The van der Waals surface area contributed by atoms with E-state index >= 15 is 0 Å². The Morgan fingerprint density at radius 3 is 2.81 bits per heavy atom. The Kier molecular flexibility index (Phi) is 4.56. The van der Waals surface area contributed by atoms with Crippen LogP contribution in [0.2, 0.25) is 0 Å². The third-order valence-electron chi connectivity index (χ3n) is 1.91. The van der Waals surface area contributed by atoms with Crippen LogP contribution < -0.4 is 16.4 Å². The number of ether oxygens (including phenoxy) is 1. The zero-order chi connectivity index (χ0) is 12.1. The number of hydrogen-bond acceptors (Lipinski definition) is 6. The van der Waals surface area contributed by atoms with Crippen molar-refractivity contribution in [2.45, 2.75) is 18.7 Å². The Balaban J connectivity index is 2.39. The molecule has 90 valence electrons. The highest BCUT2D eigenvalue weighted by molar-refractivity contribution is 7.98. The van der Waals surface area contributed by atoms with Gasteiger partial charge in [-0.1, -0.05) is 0 Å². The summed E-state index contributed by atoms with van der Waals surface area (Å²) in [4.78, 5) is 33.1. The zero-order valence-electron chi connectivity index (χ0n) is 8.69. The van der Waals surface area contributed by atoms with Gasteiger partial charge in [-0.15, -0.1) is 0 Å². The smallest absolute Gasteiger partial charge is 0.325 e. The minimum atomic E-state index is -1.26. The monoisotopic (exact) mass is 247 g/mol. The van der Waals surface area contributed by atoms with Gasteiger partial charge in [-0.3, -0.25) is 20.2 Å². The first-order valence-electron chi connectivity index (χ1n) is 4.61. The fourth-order valence-electron chi connectivity index (χ4n) is 1.05. The van der Waals surface area contributed by atoms with E-state index in [9.17, 15) is 14.4 Å². The standard InChI is InChI=1S/C8H13N3O4S/c1-16-3-2-4(9)7(13)15-6-5(12)10-8(14)11-6/h4,6H,2-3,9H2,1H3,(H2,10,11,12,14)/t4-,6?/m0/s1. The van der Waals surface area contributed by atoms with Crippen molar-refractivity contribution in [3.8, 4) is 0 Å². The number of urea groups is 1. The van der Waals surface area contributed by atoms with Gasteiger partial charge in [-0.25, -0.2) is 4.79 Å². The van der Waals surface area contributed by atoms with Gasteiger partial charge in [0.05, 0.1) is 0 Å². The SMILES string of the molecule is CSCC[C@H](N)C(=O)OC1NC(=O)NC1=O. The predicted octanol–water partition coefficient (Wildman–Crippen LogP) is -1.22. The Morgan fingerprint density at radius 1 is 1.62 bits per heavy atom. The van der Waals surface area contributed by atoms with Crippen molar-refractivity contribution in [1.82, 2.24) is 10.6 Å². The third kappa shape index (κ3) is 3.38. The molecule has 0 radical (unpaired) electrons. The van der Waals surface area contributed by atoms with E-state index in [1.54, 1.807) is 11.8 Å². The van der Waals surface area contributed by atoms with E-state index in [1.807, 2.05) is 11.6 Å². The molecule has 4 N–H and O–H groups in total. The van der Waals surface area contributed by atoms with Crippen LogP contribution >= 0.6 is 11.8 Å². The highest BCUT2D eigenvalue weighted by Crippen LogP contribution is 2.03. The van der Waals surface area contributed by atoms with Gasteiger partial charge < -0.3 is 10.5 Å². The first kappa shape index (κ1) is 12.8. The van der Waals surface area contributed by atoms with Gasteiger partial charge in [0.15, 0.2) is 0 Å². The number of nitrogens with two attached hydrogens (primary N) is 1. The van der Waals surface area contributed by atoms with E-state index in [0.717, 1.165) is 5.75 Å². The molecule has 8 heteroatoms. The van der Waals surface area contributed by atoms with Crippen LogP contribution in [0.1, 0.15) is 6.42 Å². The fraction of sp³-hybridized carbons (Fsp3) is 0.625. The fourth-order valence-corrected chi connectivity index (χ4v) is 1.54. The second kappa shape index (κ2) is 5.71. The summed E-state index contributed by atoms with van der Waals surface area (Å²) in [6, 6.07) is -1.46. The first-order chi connectivity index (χ1) is 7.54. The maximum atomic E-state index is 11.4. The third-order valence-corrected chi connectivity index (χ3v) is 2.55. The summed E-state index contributed by atoms with van der Waals surface area (Å²) >= 11 is 1.55. The molecule has 7 nitrogen and oxygen atoms in total. The lowest BCUT2D eigenvalue weighted by molar-refractivity contribution is -0.156. The number of amides is 3. The summed E-state index contributed by atoms with van der Waals surface area (Å²) in [5, 5.41) is 4.09. The van der Waals surface area contributed by atoms with E-state index in [0.29, 0.717) is 6.42 Å². The molecule has 3 amide bonds. The molecule has 1 aliphatic rings. The molecule has 1 unspecified atom stereocenters. The molecule has 1 rings (SSSR count). The Bertz CT molecular complexity index is 310. The van der Waals surface area contributed by atoms with Crippen LogP contribution in [0.3, 0.4) is 0 Å². The lowest BCUT2D eigenvalue weighted by Crippen LogP contribution is -2.41. The number of nitrogens with one attached hydrogen (secondary N) is 2. The molecular formula is C8H13N3O4S. The van der Waals surface area contributed by atoms with Gasteiger partial charge in [-0.2, -0.15) is 11.8 Å². The number of rotatable bonds is 5. The van der Waals surface area contributed by atoms with Crippen LogP contribution in [-0.2, 0) is 14.3 Å². The zero-order valence-corrected chi connectivity index (χ0v) is 9.50. The topological polar surface area (TPSA) is 111 Å². The van der Waals surface area contributed by atoms with E-state index in [2.05, 4.69) is 5.32 Å². The van der Waals surface area contributed by atoms with E-state index in [4.69, 9.17) is 10.5 Å². The quantitative estimate of drug-likeness (QED) is 0.414. The van der Waals surface area contributed by atoms with Crippen molar-refractivity contribution in [2.75, 3.05) is 12.0 Å². The maximum absolute atomic E-state index is 11.4. The summed E-state index contributed by atoms with van der Waals surface area (Å²) in [6.07, 6.45) is 1.09. The minimum Gasteiger partial charge on any atom is -0.431 e. The van der Waals surface area contributed by atoms with Crippen molar-refractivity contribution in [1.29, 1.82) is 0 Å². The predicted molar refractivity (Wildman–Crippen MR) is 57.5 cm³/mol. The molecule has 0 aromatic carbocycles. The van der Waals surface area contributed by atoms with Gasteiger partial charge in [0.2, 0.25) is 0 Å². The summed E-state index contributed by atoms with van der Waals surface area (Å²) in [5.41, 5.74) is 5.53. The summed E-state index contributed by atoms with van der Waals surface area (Å²) in [5.74, 6) is -0.661. The van der Waals surface area contributed by atoms with Crippen molar-refractivity contribution in [3.63, 3.8) is 0 Å². The van der Waals surface area contributed by atoms with Crippen molar-refractivity contribution >= 4 is 29.7 Å². The van der Waals surface area contributed by atoms with Gasteiger partial charge in [0.25, 0.3) is 12.1 Å². The summed E-state index contributed by atoms with van der Waals surface area (Å²) in [7, 11) is 0. The molecule has 0 bridgehead atoms. The average Bonchev–Trinajstić information content (AvgIpc) is 2.53. The average molecular weight is 247 g/mol. The molecular weight excluding hydrogens is 234 g/mol. The maximum Gasteiger partial charge on any atom is 0.325 e. The lowest BCUT2D eigenvalue weighted by Gasteiger charge is -2.13. The van der Waals surface area contributed by atoms with Crippen molar-refractivity contribution < 1.29 is 19.1 Å². The molecule has 2 atom stereocenters. The highest BCUT2D eigenvalue weighted by atomic mass is 32.2. The van der Waals surface area contributed by atoms with Gasteiger partial charge >= 0.3 is 12.0 Å². The van der Waals surface area contributed by atoms with Crippen LogP contribution in [0.4, 0.5) is 4.79 Å². The van der Waals surface area contributed by atoms with Crippen LogP contribution in [0, 0.1) is 0 Å². The molecule has 16 heavy (non-hydrogen) atoms. The number of imide groups is 1. The summed E-state index contributed by atoms with van der Waals surface area (Å²) < 4.78 is 4.74. The molecule has 1 fully saturated rings. The molecule has 1 aliphatic heterocycles. The number of hydrogen-bond donors (Lipinski definition) is 3. The normalized spacial score (nSPS) is 21.2. The Labute approximate surface area is 96.4 Å². The van der Waals surface area contributed by atoms with Gasteiger partial charge in [0, 0.05) is 0 Å². The van der Waals surface area contributed by atoms with Crippen LogP contribution in [0.15, 0.2) is 0 Å². The first-order valence-corrected chi connectivity index (χ1v) is 6.00. The largest absolute Gasteiger partial charge is 0.431 e. The number of carbonyl (C=O) groups excluding carboxylic acids is 3. The summed E-state index contributed by atoms with van der Waals surface area (Å²) in [6.45, 7) is 0. The van der Waals surface area contributed by atoms with Crippen LogP contribution in [0.25, 0.3) is 0 Å². The number of thioether (sulfide) groups is 1. The molecule has 0 aliphatic carbocycles. The highest BCUT2D eigenvalue weighted by Gasteiger charge is 2.33. The van der Waals surface area contributed by atoms with Crippen LogP contribution in [-0.4, -0.2) is 42.2 Å². The van der Waals surface area contributed by atoms with Crippen molar-refractivity contribution in [2.24, 2.45) is 5.73 Å². The second-order valence-electron chi connectivity index (χ2n) is 3.17. The number of carbonyl (C=O) groups is 3. The van der Waals surface area contributed by atoms with Crippen LogP contribution in [0.5, 0.6) is 0 Å². The second-order valence-corrected chi connectivity index (χ2v) is 4.15. The molecule has 0 aromatic rings.